The minimum absolute atomic E-state index is 0.164. The van der Waals surface area contributed by atoms with Crippen molar-refractivity contribution in [1.29, 1.82) is 0 Å². The van der Waals surface area contributed by atoms with Gasteiger partial charge in [0.1, 0.15) is 0 Å². The highest BCUT2D eigenvalue weighted by Gasteiger charge is 2.06. The second kappa shape index (κ2) is 6.51. The van der Waals surface area contributed by atoms with Crippen LogP contribution < -0.4 is 10.0 Å². The van der Waals surface area contributed by atoms with Crippen LogP contribution in [0.2, 0.25) is 0 Å². The van der Waals surface area contributed by atoms with Crippen LogP contribution >= 0.6 is 0 Å². The third-order valence-corrected chi connectivity index (χ3v) is 3.44. The van der Waals surface area contributed by atoms with Gasteiger partial charge in [0.25, 0.3) is 5.91 Å². The van der Waals surface area contributed by atoms with Crippen molar-refractivity contribution in [2.45, 2.75) is 0 Å². The number of sulfonamides is 1. The van der Waals surface area contributed by atoms with Crippen LogP contribution in [0.25, 0.3) is 5.69 Å². The Morgan fingerprint density at radius 1 is 1.24 bits per heavy atom. The monoisotopic (exact) mass is 308 g/mol. The van der Waals surface area contributed by atoms with Gasteiger partial charge < -0.3 is 9.88 Å². The standard InChI is InChI=1S/C13H16N4O3S/c1-21(19,20)16-7-6-15-13(18)11-2-4-12(5-3-11)17-9-8-14-10-17/h2-5,8-10,16H,6-7H2,1H3,(H,15,18). The van der Waals surface area contributed by atoms with Gasteiger partial charge in [-0.1, -0.05) is 0 Å². The number of carbonyl (C=O) groups is 1. The normalized spacial score (nSPS) is 11.3. The molecule has 1 aromatic carbocycles. The molecule has 8 heteroatoms. The molecule has 0 bridgehead atoms. The predicted molar refractivity (Wildman–Crippen MR) is 78.7 cm³/mol. The van der Waals surface area contributed by atoms with Gasteiger partial charge in [-0.3, -0.25) is 4.79 Å². The van der Waals surface area contributed by atoms with Crippen LogP contribution in [0.5, 0.6) is 0 Å². The van der Waals surface area contributed by atoms with Crippen LogP contribution in [0.4, 0.5) is 0 Å². The largest absolute Gasteiger partial charge is 0.351 e. The van der Waals surface area contributed by atoms with E-state index in [2.05, 4.69) is 15.0 Å². The number of rotatable bonds is 6. The van der Waals surface area contributed by atoms with Crippen molar-refractivity contribution in [1.82, 2.24) is 19.6 Å². The molecule has 2 rings (SSSR count). The Labute approximate surface area is 123 Å². The molecule has 0 unspecified atom stereocenters. The molecule has 0 fully saturated rings. The molecule has 0 saturated heterocycles. The maximum Gasteiger partial charge on any atom is 0.251 e. The molecule has 1 amide bonds. The van der Waals surface area contributed by atoms with Gasteiger partial charge in [0, 0.05) is 36.7 Å². The highest BCUT2D eigenvalue weighted by atomic mass is 32.2. The SMILES string of the molecule is CS(=O)(=O)NCCNC(=O)c1ccc(-n2ccnc2)cc1. The number of carbonyl (C=O) groups excluding carboxylic acids is 1. The van der Waals surface area contributed by atoms with Gasteiger partial charge in [-0.05, 0) is 24.3 Å². The van der Waals surface area contributed by atoms with Crippen LogP contribution in [0.15, 0.2) is 43.0 Å². The Hall–Kier alpha value is -2.19. The van der Waals surface area contributed by atoms with E-state index in [1.807, 2.05) is 22.9 Å². The summed E-state index contributed by atoms with van der Waals surface area (Å²) in [4.78, 5) is 15.8. The zero-order valence-corrected chi connectivity index (χ0v) is 12.3. The molecule has 1 heterocycles. The lowest BCUT2D eigenvalue weighted by molar-refractivity contribution is 0.0954. The molecule has 0 spiro atoms. The Bertz CT molecular complexity index is 694. The predicted octanol–water partition coefficient (Wildman–Crippen LogP) is 0.151. The molecule has 0 atom stereocenters. The summed E-state index contributed by atoms with van der Waals surface area (Å²) < 4.78 is 25.9. The Morgan fingerprint density at radius 3 is 2.52 bits per heavy atom. The van der Waals surface area contributed by atoms with E-state index in [1.54, 1.807) is 24.7 Å². The number of hydrogen-bond acceptors (Lipinski definition) is 4. The van der Waals surface area contributed by atoms with Crippen LogP contribution in [0.1, 0.15) is 10.4 Å². The average Bonchev–Trinajstić information content (AvgIpc) is 2.96. The minimum atomic E-state index is -3.23. The number of nitrogens with one attached hydrogen (secondary N) is 2. The van der Waals surface area contributed by atoms with Crippen molar-refractivity contribution >= 4 is 15.9 Å². The minimum Gasteiger partial charge on any atom is -0.351 e. The van der Waals surface area contributed by atoms with Crippen LogP contribution in [0, 0.1) is 0 Å². The quantitative estimate of drug-likeness (QED) is 0.743. The van der Waals surface area contributed by atoms with E-state index in [9.17, 15) is 13.2 Å². The number of nitrogens with zero attached hydrogens (tertiary/aromatic N) is 2. The summed E-state index contributed by atoms with van der Waals surface area (Å²) in [5, 5.41) is 2.64. The van der Waals surface area contributed by atoms with Gasteiger partial charge >= 0.3 is 0 Å². The van der Waals surface area contributed by atoms with Crippen molar-refractivity contribution in [3.8, 4) is 5.69 Å². The number of hydrogen-bond donors (Lipinski definition) is 2. The van der Waals surface area contributed by atoms with Gasteiger partial charge in [-0.15, -0.1) is 0 Å². The van der Waals surface area contributed by atoms with Crippen molar-refractivity contribution in [2.24, 2.45) is 0 Å². The second-order valence-electron chi connectivity index (χ2n) is 4.44. The number of aromatic nitrogens is 2. The maximum atomic E-state index is 11.9. The Balaban J connectivity index is 1.88. The van der Waals surface area contributed by atoms with E-state index < -0.39 is 10.0 Å². The van der Waals surface area contributed by atoms with E-state index >= 15 is 0 Å². The molecule has 112 valence electrons. The van der Waals surface area contributed by atoms with Gasteiger partial charge in [-0.25, -0.2) is 18.1 Å². The van der Waals surface area contributed by atoms with E-state index in [-0.39, 0.29) is 19.0 Å². The summed E-state index contributed by atoms with van der Waals surface area (Å²) in [7, 11) is -3.23. The highest BCUT2D eigenvalue weighted by Crippen LogP contribution is 2.09. The molecule has 0 aliphatic carbocycles. The van der Waals surface area contributed by atoms with Gasteiger partial charge in [-0.2, -0.15) is 0 Å². The van der Waals surface area contributed by atoms with E-state index in [0.29, 0.717) is 5.56 Å². The second-order valence-corrected chi connectivity index (χ2v) is 6.27. The summed E-state index contributed by atoms with van der Waals surface area (Å²) in [5.74, 6) is -0.248. The Kier molecular flexibility index (Phi) is 4.71. The van der Waals surface area contributed by atoms with E-state index in [1.165, 1.54) is 0 Å². The molecule has 7 nitrogen and oxygen atoms in total. The van der Waals surface area contributed by atoms with Gasteiger partial charge in [0.2, 0.25) is 10.0 Å². The summed E-state index contributed by atoms with van der Waals surface area (Å²) >= 11 is 0. The molecular weight excluding hydrogens is 292 g/mol. The summed E-state index contributed by atoms with van der Waals surface area (Å²) in [6, 6.07) is 7.03. The Morgan fingerprint density at radius 2 is 1.95 bits per heavy atom. The lowest BCUT2D eigenvalue weighted by Gasteiger charge is -2.07. The smallest absolute Gasteiger partial charge is 0.251 e. The molecule has 0 aliphatic rings. The van der Waals surface area contributed by atoms with Gasteiger partial charge in [0.05, 0.1) is 12.6 Å². The third kappa shape index (κ3) is 4.69. The molecular formula is C13H16N4O3S. The van der Waals surface area contributed by atoms with Crippen LogP contribution in [-0.4, -0.2) is 43.2 Å². The lowest BCUT2D eigenvalue weighted by atomic mass is 10.2. The maximum absolute atomic E-state index is 11.9. The first-order valence-electron chi connectivity index (χ1n) is 6.27. The van der Waals surface area contributed by atoms with Crippen molar-refractivity contribution in [2.75, 3.05) is 19.3 Å². The van der Waals surface area contributed by atoms with Gasteiger partial charge in [0.15, 0.2) is 0 Å². The number of benzene rings is 1. The topological polar surface area (TPSA) is 93.1 Å². The molecule has 0 radical (unpaired) electrons. The first-order valence-corrected chi connectivity index (χ1v) is 8.16. The third-order valence-electron chi connectivity index (χ3n) is 2.71. The fraction of sp³-hybridized carbons (Fsp3) is 0.231. The molecule has 21 heavy (non-hydrogen) atoms. The summed E-state index contributed by atoms with van der Waals surface area (Å²) in [6.45, 7) is 0.396. The number of imidazole rings is 1. The molecule has 2 aromatic rings. The van der Waals surface area contributed by atoms with Crippen molar-refractivity contribution in [3.63, 3.8) is 0 Å². The van der Waals surface area contributed by atoms with E-state index in [4.69, 9.17) is 0 Å². The van der Waals surface area contributed by atoms with Crippen LogP contribution in [-0.2, 0) is 10.0 Å². The first-order chi connectivity index (χ1) is 9.96. The van der Waals surface area contributed by atoms with Crippen molar-refractivity contribution in [3.05, 3.63) is 48.5 Å². The molecule has 1 aromatic heterocycles. The van der Waals surface area contributed by atoms with Crippen LogP contribution in [0.3, 0.4) is 0 Å². The lowest BCUT2D eigenvalue weighted by Crippen LogP contribution is -2.34. The zero-order chi connectivity index (χ0) is 15.3. The molecule has 0 aliphatic heterocycles. The average molecular weight is 308 g/mol. The zero-order valence-electron chi connectivity index (χ0n) is 11.5. The number of amides is 1. The highest BCUT2D eigenvalue weighted by molar-refractivity contribution is 7.88. The fourth-order valence-corrected chi connectivity index (χ4v) is 2.18. The first kappa shape index (κ1) is 15.2. The summed E-state index contributed by atoms with van der Waals surface area (Å²) in [6.07, 6.45) is 6.23. The fourth-order valence-electron chi connectivity index (χ4n) is 1.71. The van der Waals surface area contributed by atoms with Crippen molar-refractivity contribution < 1.29 is 13.2 Å². The summed E-state index contributed by atoms with van der Waals surface area (Å²) in [5.41, 5.74) is 1.42. The van der Waals surface area contributed by atoms with E-state index in [0.717, 1.165) is 11.9 Å². The molecule has 0 saturated carbocycles. The molecule has 2 N–H and O–H groups in total.